The maximum atomic E-state index is 12.9. The number of nitrogens with two attached hydrogens (primary N) is 2. The van der Waals surface area contributed by atoms with Crippen molar-refractivity contribution in [3.63, 3.8) is 0 Å². The maximum absolute atomic E-state index is 12.9. The molecule has 100 valence electrons. The molecule has 4 N–H and O–H groups in total. The van der Waals surface area contributed by atoms with Gasteiger partial charge in [0.1, 0.15) is 5.82 Å². The first-order valence-corrected chi connectivity index (χ1v) is 7.16. The molecule has 2 rings (SSSR count). The number of nitrogen functional groups attached to an aromatic ring is 2. The van der Waals surface area contributed by atoms with Gasteiger partial charge in [-0.15, -0.1) is 11.8 Å². The predicted octanol–water partition coefficient (Wildman–Crippen LogP) is 3.72. The minimum atomic E-state index is -0.288. The van der Waals surface area contributed by atoms with Gasteiger partial charge in [-0.05, 0) is 54.5 Å². The highest BCUT2D eigenvalue weighted by atomic mass is 32.2. The van der Waals surface area contributed by atoms with E-state index in [0.717, 1.165) is 29.2 Å². The van der Waals surface area contributed by atoms with E-state index in [4.69, 9.17) is 11.5 Å². The average Bonchev–Trinajstić information content (AvgIpc) is 2.39. The highest BCUT2D eigenvalue weighted by molar-refractivity contribution is 7.99. The van der Waals surface area contributed by atoms with Crippen LogP contribution < -0.4 is 11.5 Å². The quantitative estimate of drug-likeness (QED) is 0.497. The Kier molecular flexibility index (Phi) is 4.68. The Labute approximate surface area is 117 Å². The molecule has 19 heavy (non-hydrogen) atoms. The second kappa shape index (κ2) is 6.48. The Morgan fingerprint density at radius 2 is 1.74 bits per heavy atom. The maximum Gasteiger partial charge on any atom is 0.125 e. The van der Waals surface area contributed by atoms with Gasteiger partial charge in [0.05, 0.1) is 0 Å². The van der Waals surface area contributed by atoms with E-state index in [-0.39, 0.29) is 5.82 Å². The van der Waals surface area contributed by atoms with Crippen molar-refractivity contribution in [1.82, 2.24) is 0 Å². The summed E-state index contributed by atoms with van der Waals surface area (Å²) in [5.41, 5.74) is 14.0. The van der Waals surface area contributed by atoms with E-state index >= 15 is 0 Å². The fraction of sp³-hybridized carbons (Fsp3) is 0.200. The number of rotatable bonds is 5. The molecule has 0 aliphatic heterocycles. The van der Waals surface area contributed by atoms with E-state index in [1.165, 1.54) is 17.7 Å². The molecule has 2 aromatic rings. The third-order valence-electron chi connectivity index (χ3n) is 2.82. The van der Waals surface area contributed by atoms with Crippen molar-refractivity contribution in [2.75, 3.05) is 17.2 Å². The number of aryl methyl sites for hydroxylation is 1. The second-order valence-corrected chi connectivity index (χ2v) is 5.51. The lowest BCUT2D eigenvalue weighted by atomic mass is 10.1. The van der Waals surface area contributed by atoms with Crippen molar-refractivity contribution in [3.05, 3.63) is 53.8 Å². The topological polar surface area (TPSA) is 52.0 Å². The zero-order valence-electron chi connectivity index (χ0n) is 10.6. The lowest BCUT2D eigenvalue weighted by Crippen LogP contribution is -1.92. The summed E-state index contributed by atoms with van der Waals surface area (Å²) >= 11 is 1.66. The number of anilines is 2. The van der Waals surface area contributed by atoms with Gasteiger partial charge in [0.25, 0.3) is 0 Å². The smallest absolute Gasteiger partial charge is 0.125 e. The molecule has 2 aromatic carbocycles. The third kappa shape index (κ3) is 4.17. The molecule has 0 amide bonds. The second-order valence-electron chi connectivity index (χ2n) is 4.38. The number of benzene rings is 2. The van der Waals surface area contributed by atoms with Crippen LogP contribution in [0, 0.1) is 5.82 Å². The van der Waals surface area contributed by atoms with Crippen LogP contribution in [-0.4, -0.2) is 5.75 Å². The van der Waals surface area contributed by atoms with Crippen molar-refractivity contribution in [2.45, 2.75) is 17.7 Å². The number of thioether (sulfide) groups is 1. The van der Waals surface area contributed by atoms with Crippen LogP contribution in [0.5, 0.6) is 0 Å². The molecule has 0 saturated heterocycles. The molecule has 0 unspecified atom stereocenters. The molecule has 0 aliphatic rings. The minimum absolute atomic E-state index is 0.288. The Bertz CT molecular complexity index is 540. The summed E-state index contributed by atoms with van der Waals surface area (Å²) in [4.78, 5) is 0.943. The van der Waals surface area contributed by atoms with Crippen molar-refractivity contribution < 1.29 is 4.39 Å². The van der Waals surface area contributed by atoms with Crippen LogP contribution in [0.3, 0.4) is 0 Å². The molecule has 0 bridgehead atoms. The van der Waals surface area contributed by atoms with Gasteiger partial charge in [0.15, 0.2) is 0 Å². The first-order valence-electron chi connectivity index (χ1n) is 6.17. The van der Waals surface area contributed by atoms with Crippen LogP contribution in [0.15, 0.2) is 47.4 Å². The molecule has 0 saturated carbocycles. The molecule has 4 heteroatoms. The van der Waals surface area contributed by atoms with E-state index < -0.39 is 0 Å². The molecule has 0 radical (unpaired) electrons. The number of hydrogen-bond acceptors (Lipinski definition) is 3. The van der Waals surface area contributed by atoms with E-state index in [2.05, 4.69) is 0 Å². The summed E-state index contributed by atoms with van der Waals surface area (Å²) < 4.78 is 12.9. The Balaban J connectivity index is 1.79. The lowest BCUT2D eigenvalue weighted by molar-refractivity contribution is 0.627. The monoisotopic (exact) mass is 276 g/mol. The fourth-order valence-corrected chi connectivity index (χ4v) is 2.69. The standard InChI is InChI=1S/C15H17FN2S/c16-12-5-8-15(14(18)10-12)19-9-1-2-11-3-6-13(17)7-4-11/h3-8,10H,1-2,9,17-18H2. The summed E-state index contributed by atoms with van der Waals surface area (Å²) in [5, 5.41) is 0. The van der Waals surface area contributed by atoms with Crippen LogP contribution in [0.2, 0.25) is 0 Å². The van der Waals surface area contributed by atoms with Gasteiger partial charge < -0.3 is 11.5 Å². The van der Waals surface area contributed by atoms with E-state index in [1.807, 2.05) is 24.3 Å². The zero-order valence-corrected chi connectivity index (χ0v) is 11.4. The summed E-state index contributed by atoms with van der Waals surface area (Å²) in [7, 11) is 0. The van der Waals surface area contributed by atoms with E-state index in [9.17, 15) is 4.39 Å². The van der Waals surface area contributed by atoms with E-state index in [0.29, 0.717) is 5.69 Å². The highest BCUT2D eigenvalue weighted by Gasteiger charge is 2.01. The summed E-state index contributed by atoms with van der Waals surface area (Å²) in [6.45, 7) is 0. The number of hydrogen-bond donors (Lipinski definition) is 2. The van der Waals surface area contributed by atoms with Crippen molar-refractivity contribution >= 4 is 23.1 Å². The highest BCUT2D eigenvalue weighted by Crippen LogP contribution is 2.26. The summed E-state index contributed by atoms with van der Waals surface area (Å²) in [6.07, 6.45) is 2.06. The van der Waals surface area contributed by atoms with Crippen LogP contribution >= 0.6 is 11.8 Å². The van der Waals surface area contributed by atoms with Crippen LogP contribution in [0.1, 0.15) is 12.0 Å². The van der Waals surface area contributed by atoms with Gasteiger partial charge in [-0.1, -0.05) is 12.1 Å². The van der Waals surface area contributed by atoms with Gasteiger partial charge >= 0.3 is 0 Å². The molecule has 0 heterocycles. The SMILES string of the molecule is Nc1ccc(CCCSc2ccc(F)cc2N)cc1. The normalized spacial score (nSPS) is 10.6. The van der Waals surface area contributed by atoms with Crippen LogP contribution in [-0.2, 0) is 6.42 Å². The van der Waals surface area contributed by atoms with Gasteiger partial charge in [-0.25, -0.2) is 4.39 Å². The largest absolute Gasteiger partial charge is 0.399 e. The minimum Gasteiger partial charge on any atom is -0.399 e. The fourth-order valence-electron chi connectivity index (χ4n) is 1.79. The summed E-state index contributed by atoms with van der Waals surface area (Å²) in [6, 6.07) is 12.5. The molecule has 0 atom stereocenters. The first kappa shape index (κ1) is 13.7. The average molecular weight is 276 g/mol. The van der Waals surface area contributed by atoms with Crippen LogP contribution in [0.4, 0.5) is 15.8 Å². The van der Waals surface area contributed by atoms with Crippen LogP contribution in [0.25, 0.3) is 0 Å². The lowest BCUT2D eigenvalue weighted by Gasteiger charge is -2.06. The van der Waals surface area contributed by atoms with Crippen molar-refractivity contribution in [3.8, 4) is 0 Å². The molecule has 0 spiro atoms. The molecule has 0 aromatic heterocycles. The van der Waals surface area contributed by atoms with Gasteiger partial charge in [0.2, 0.25) is 0 Å². The Morgan fingerprint density at radius 1 is 1.00 bits per heavy atom. The van der Waals surface area contributed by atoms with Gasteiger partial charge in [-0.2, -0.15) is 0 Å². The predicted molar refractivity (Wildman–Crippen MR) is 80.7 cm³/mol. The Morgan fingerprint density at radius 3 is 2.42 bits per heavy atom. The Hall–Kier alpha value is -1.68. The van der Waals surface area contributed by atoms with Gasteiger partial charge in [0, 0.05) is 16.3 Å². The van der Waals surface area contributed by atoms with Gasteiger partial charge in [-0.3, -0.25) is 0 Å². The zero-order chi connectivity index (χ0) is 13.7. The first-order chi connectivity index (χ1) is 9.15. The van der Waals surface area contributed by atoms with Crippen molar-refractivity contribution in [2.24, 2.45) is 0 Å². The third-order valence-corrected chi connectivity index (χ3v) is 3.99. The molecular weight excluding hydrogens is 259 g/mol. The summed E-state index contributed by atoms with van der Waals surface area (Å²) in [5.74, 6) is 0.670. The number of halogens is 1. The molecular formula is C15H17FN2S. The molecule has 0 fully saturated rings. The molecule has 2 nitrogen and oxygen atoms in total. The van der Waals surface area contributed by atoms with Crippen molar-refractivity contribution in [1.29, 1.82) is 0 Å². The molecule has 0 aliphatic carbocycles. The van der Waals surface area contributed by atoms with E-state index in [1.54, 1.807) is 17.8 Å².